The third-order valence-corrected chi connectivity index (χ3v) is 5.10. The molecule has 1 unspecified atom stereocenters. The van der Waals surface area contributed by atoms with E-state index in [0.717, 1.165) is 17.9 Å². The van der Waals surface area contributed by atoms with E-state index in [9.17, 15) is 8.42 Å². The first-order valence-electron chi connectivity index (χ1n) is 6.80. The summed E-state index contributed by atoms with van der Waals surface area (Å²) in [6.45, 7) is 2.55. The van der Waals surface area contributed by atoms with Gasteiger partial charge in [0.15, 0.2) is 0 Å². The number of hydrogen-bond acceptors (Lipinski definition) is 3. The average Bonchev–Trinajstić information content (AvgIpc) is 3.22. The predicted molar refractivity (Wildman–Crippen MR) is 76.4 cm³/mol. The summed E-state index contributed by atoms with van der Waals surface area (Å²) in [5.41, 5.74) is 0.979. The molecule has 19 heavy (non-hydrogen) atoms. The van der Waals surface area contributed by atoms with Crippen LogP contribution >= 0.6 is 0 Å². The molecule has 1 aliphatic carbocycles. The predicted octanol–water partition coefficient (Wildman–Crippen LogP) is 2.05. The summed E-state index contributed by atoms with van der Waals surface area (Å²) in [7, 11) is -1.51. The first-order valence-corrected chi connectivity index (χ1v) is 8.28. The molecule has 0 aliphatic heterocycles. The minimum Gasteiger partial charge on any atom is -0.313 e. The molecule has 0 saturated heterocycles. The fraction of sp³-hybridized carbons (Fsp3) is 0.571. The standard InChI is InChI=1S/C14H22N2O2S/c1-11(15-2)13-4-3-5-14(10-13)19(17,18)16-9-8-12-6-7-12/h3-5,10-12,15-16H,6-9H2,1-2H3. The summed E-state index contributed by atoms with van der Waals surface area (Å²) in [6, 6.07) is 7.25. The minimum atomic E-state index is -3.37. The maximum absolute atomic E-state index is 12.2. The summed E-state index contributed by atoms with van der Waals surface area (Å²) in [6.07, 6.45) is 3.44. The summed E-state index contributed by atoms with van der Waals surface area (Å²) in [5, 5.41) is 3.11. The molecule has 0 bridgehead atoms. The lowest BCUT2D eigenvalue weighted by Gasteiger charge is -2.12. The van der Waals surface area contributed by atoms with E-state index >= 15 is 0 Å². The fourth-order valence-electron chi connectivity index (χ4n) is 2.00. The van der Waals surface area contributed by atoms with E-state index in [2.05, 4.69) is 10.0 Å². The van der Waals surface area contributed by atoms with E-state index in [1.165, 1.54) is 12.8 Å². The Morgan fingerprint density at radius 3 is 2.74 bits per heavy atom. The topological polar surface area (TPSA) is 58.2 Å². The molecule has 1 atom stereocenters. The monoisotopic (exact) mass is 282 g/mol. The Hall–Kier alpha value is -0.910. The van der Waals surface area contributed by atoms with Gasteiger partial charge in [0, 0.05) is 12.6 Å². The number of benzene rings is 1. The van der Waals surface area contributed by atoms with Crippen LogP contribution in [0.2, 0.25) is 0 Å². The summed E-state index contributed by atoms with van der Waals surface area (Å²) in [4.78, 5) is 0.350. The van der Waals surface area contributed by atoms with E-state index < -0.39 is 10.0 Å². The minimum absolute atomic E-state index is 0.140. The fourth-order valence-corrected chi connectivity index (χ4v) is 3.11. The zero-order valence-corrected chi connectivity index (χ0v) is 12.3. The molecule has 1 aromatic carbocycles. The van der Waals surface area contributed by atoms with Crippen molar-refractivity contribution >= 4 is 10.0 Å². The molecule has 2 rings (SSSR count). The van der Waals surface area contributed by atoms with Gasteiger partial charge in [-0.1, -0.05) is 25.0 Å². The van der Waals surface area contributed by atoms with Crippen molar-refractivity contribution in [1.82, 2.24) is 10.0 Å². The molecular weight excluding hydrogens is 260 g/mol. The number of sulfonamides is 1. The van der Waals surface area contributed by atoms with Gasteiger partial charge in [-0.05, 0) is 44.0 Å². The van der Waals surface area contributed by atoms with Crippen molar-refractivity contribution in [1.29, 1.82) is 0 Å². The van der Waals surface area contributed by atoms with E-state index in [-0.39, 0.29) is 6.04 Å². The smallest absolute Gasteiger partial charge is 0.240 e. The van der Waals surface area contributed by atoms with E-state index in [4.69, 9.17) is 0 Å². The van der Waals surface area contributed by atoms with Crippen LogP contribution in [-0.2, 0) is 10.0 Å². The lowest BCUT2D eigenvalue weighted by Crippen LogP contribution is -2.25. The molecule has 0 amide bonds. The highest BCUT2D eigenvalue weighted by atomic mass is 32.2. The molecule has 0 aromatic heterocycles. The van der Waals surface area contributed by atoms with Crippen LogP contribution < -0.4 is 10.0 Å². The normalized spacial score (nSPS) is 17.4. The molecule has 0 spiro atoms. The van der Waals surface area contributed by atoms with Gasteiger partial charge in [-0.25, -0.2) is 13.1 Å². The second-order valence-electron chi connectivity index (χ2n) is 5.21. The van der Waals surface area contributed by atoms with Gasteiger partial charge in [0.25, 0.3) is 0 Å². The molecule has 5 heteroatoms. The van der Waals surface area contributed by atoms with Crippen LogP contribution in [-0.4, -0.2) is 22.0 Å². The van der Waals surface area contributed by atoms with Gasteiger partial charge in [-0.15, -0.1) is 0 Å². The Morgan fingerprint density at radius 2 is 2.11 bits per heavy atom. The molecule has 4 nitrogen and oxygen atoms in total. The van der Waals surface area contributed by atoms with Crippen molar-refractivity contribution in [2.75, 3.05) is 13.6 Å². The van der Waals surface area contributed by atoms with Gasteiger partial charge in [-0.3, -0.25) is 0 Å². The molecule has 0 radical (unpaired) electrons. The van der Waals surface area contributed by atoms with Crippen molar-refractivity contribution in [2.24, 2.45) is 5.92 Å². The molecule has 1 aromatic rings. The third-order valence-electron chi connectivity index (χ3n) is 3.64. The summed E-state index contributed by atoms with van der Waals surface area (Å²) < 4.78 is 27.0. The Bertz CT molecular complexity index is 524. The van der Waals surface area contributed by atoms with E-state index in [1.807, 2.05) is 20.0 Å². The van der Waals surface area contributed by atoms with Crippen molar-refractivity contribution in [3.63, 3.8) is 0 Å². The highest BCUT2D eigenvalue weighted by Gasteiger charge is 2.22. The van der Waals surface area contributed by atoms with Crippen LogP contribution in [0, 0.1) is 5.92 Å². The van der Waals surface area contributed by atoms with Crippen molar-refractivity contribution in [2.45, 2.75) is 37.1 Å². The van der Waals surface area contributed by atoms with Crippen LogP contribution in [0.5, 0.6) is 0 Å². The quantitative estimate of drug-likeness (QED) is 0.804. The zero-order chi connectivity index (χ0) is 13.9. The Balaban J connectivity index is 2.05. The Morgan fingerprint density at radius 1 is 1.37 bits per heavy atom. The molecule has 1 fully saturated rings. The second kappa shape index (κ2) is 6.03. The number of nitrogens with one attached hydrogen (secondary N) is 2. The first kappa shape index (κ1) is 14.5. The van der Waals surface area contributed by atoms with Crippen LogP contribution in [0.3, 0.4) is 0 Å². The number of hydrogen-bond donors (Lipinski definition) is 2. The van der Waals surface area contributed by atoms with Gasteiger partial charge in [0.2, 0.25) is 10.0 Å². The zero-order valence-electron chi connectivity index (χ0n) is 11.5. The summed E-state index contributed by atoms with van der Waals surface area (Å²) in [5.74, 6) is 0.735. The van der Waals surface area contributed by atoms with Crippen LogP contribution in [0.25, 0.3) is 0 Å². The average molecular weight is 282 g/mol. The van der Waals surface area contributed by atoms with Crippen LogP contribution in [0.4, 0.5) is 0 Å². The van der Waals surface area contributed by atoms with Crippen molar-refractivity contribution in [3.8, 4) is 0 Å². The lowest BCUT2D eigenvalue weighted by molar-refractivity contribution is 0.574. The SMILES string of the molecule is CNC(C)c1cccc(S(=O)(=O)NCCC2CC2)c1. The highest BCUT2D eigenvalue weighted by molar-refractivity contribution is 7.89. The van der Waals surface area contributed by atoms with Crippen molar-refractivity contribution in [3.05, 3.63) is 29.8 Å². The van der Waals surface area contributed by atoms with Crippen molar-refractivity contribution < 1.29 is 8.42 Å². The summed E-state index contributed by atoms with van der Waals surface area (Å²) >= 11 is 0. The van der Waals surface area contributed by atoms with Gasteiger partial charge in [-0.2, -0.15) is 0 Å². The van der Waals surface area contributed by atoms with Gasteiger partial charge in [0.05, 0.1) is 4.90 Å². The molecular formula is C14H22N2O2S. The van der Waals surface area contributed by atoms with E-state index in [0.29, 0.717) is 11.4 Å². The van der Waals surface area contributed by atoms with Crippen LogP contribution in [0.15, 0.2) is 29.2 Å². The lowest BCUT2D eigenvalue weighted by atomic mass is 10.1. The maximum Gasteiger partial charge on any atom is 0.240 e. The maximum atomic E-state index is 12.2. The molecule has 1 saturated carbocycles. The largest absolute Gasteiger partial charge is 0.313 e. The second-order valence-corrected chi connectivity index (χ2v) is 6.98. The molecule has 2 N–H and O–H groups in total. The Kier molecular flexibility index (Phi) is 4.60. The number of rotatable bonds is 7. The van der Waals surface area contributed by atoms with Gasteiger partial charge < -0.3 is 5.32 Å². The molecule has 106 valence electrons. The molecule has 1 aliphatic rings. The molecule has 0 heterocycles. The van der Waals surface area contributed by atoms with Crippen LogP contribution in [0.1, 0.15) is 37.8 Å². The van der Waals surface area contributed by atoms with Gasteiger partial charge in [0.1, 0.15) is 0 Å². The highest BCUT2D eigenvalue weighted by Crippen LogP contribution is 2.31. The third kappa shape index (κ3) is 4.03. The van der Waals surface area contributed by atoms with E-state index in [1.54, 1.807) is 18.2 Å². The Labute approximate surface area is 115 Å². The first-order chi connectivity index (χ1) is 9.03. The van der Waals surface area contributed by atoms with Gasteiger partial charge >= 0.3 is 0 Å².